The quantitative estimate of drug-likeness (QED) is 0.802. The number of hydrogen-bond acceptors (Lipinski definition) is 3. The fourth-order valence-corrected chi connectivity index (χ4v) is 2.69. The van der Waals surface area contributed by atoms with Gasteiger partial charge in [-0.3, -0.25) is 4.79 Å². The first kappa shape index (κ1) is 14.4. The standard InChI is InChI=1S/C17H19N3O2/c1-11(2)20-12(3)19-15-9-13(6-7-16(15)20)17(21)18-10-14-5-4-8-22-14/h4-9,11H,10H2,1-3H3,(H,18,21). The van der Waals surface area contributed by atoms with E-state index in [0.29, 0.717) is 18.2 Å². The molecule has 0 spiro atoms. The van der Waals surface area contributed by atoms with Crippen molar-refractivity contribution in [2.75, 3.05) is 0 Å². The molecule has 5 nitrogen and oxygen atoms in total. The molecule has 3 aromatic rings. The van der Waals surface area contributed by atoms with Crippen LogP contribution < -0.4 is 5.32 Å². The van der Waals surface area contributed by atoms with Crippen LogP contribution in [0.15, 0.2) is 41.0 Å². The van der Waals surface area contributed by atoms with Gasteiger partial charge in [-0.15, -0.1) is 0 Å². The van der Waals surface area contributed by atoms with Crippen LogP contribution >= 0.6 is 0 Å². The molecule has 22 heavy (non-hydrogen) atoms. The molecule has 0 aliphatic heterocycles. The average Bonchev–Trinajstić information content (AvgIpc) is 3.09. The van der Waals surface area contributed by atoms with Gasteiger partial charge in [0.15, 0.2) is 0 Å². The largest absolute Gasteiger partial charge is 0.467 e. The van der Waals surface area contributed by atoms with Crippen molar-refractivity contribution >= 4 is 16.9 Å². The van der Waals surface area contributed by atoms with Crippen molar-refractivity contribution in [3.05, 3.63) is 53.7 Å². The molecule has 0 unspecified atom stereocenters. The Kier molecular flexibility index (Phi) is 3.71. The van der Waals surface area contributed by atoms with Gasteiger partial charge in [0, 0.05) is 11.6 Å². The number of nitrogens with one attached hydrogen (secondary N) is 1. The zero-order chi connectivity index (χ0) is 15.7. The zero-order valence-electron chi connectivity index (χ0n) is 13.0. The summed E-state index contributed by atoms with van der Waals surface area (Å²) in [5, 5.41) is 2.84. The minimum atomic E-state index is -0.130. The minimum Gasteiger partial charge on any atom is -0.467 e. The molecule has 0 fully saturated rings. The summed E-state index contributed by atoms with van der Waals surface area (Å²) < 4.78 is 7.37. The SMILES string of the molecule is Cc1nc2cc(C(=O)NCc3ccco3)ccc2n1C(C)C. The van der Waals surface area contributed by atoms with Crippen molar-refractivity contribution in [1.29, 1.82) is 0 Å². The first-order valence-corrected chi connectivity index (χ1v) is 7.35. The molecule has 0 bridgehead atoms. The van der Waals surface area contributed by atoms with E-state index in [9.17, 15) is 4.79 Å². The van der Waals surface area contributed by atoms with E-state index in [1.165, 1.54) is 0 Å². The first-order chi connectivity index (χ1) is 10.6. The number of benzene rings is 1. The molecule has 1 aromatic carbocycles. The third-order valence-corrected chi connectivity index (χ3v) is 3.65. The molecule has 2 heterocycles. The van der Waals surface area contributed by atoms with Crippen LogP contribution in [-0.2, 0) is 6.54 Å². The van der Waals surface area contributed by atoms with Crippen LogP contribution in [0, 0.1) is 6.92 Å². The Hall–Kier alpha value is -2.56. The molecule has 2 aromatic heterocycles. The van der Waals surface area contributed by atoms with E-state index >= 15 is 0 Å². The van der Waals surface area contributed by atoms with Crippen molar-refractivity contribution < 1.29 is 9.21 Å². The van der Waals surface area contributed by atoms with Crippen molar-refractivity contribution in [2.45, 2.75) is 33.4 Å². The number of fused-ring (bicyclic) bond motifs is 1. The smallest absolute Gasteiger partial charge is 0.251 e. The Labute approximate surface area is 129 Å². The molecular weight excluding hydrogens is 278 g/mol. The molecule has 1 amide bonds. The highest BCUT2D eigenvalue weighted by atomic mass is 16.3. The lowest BCUT2D eigenvalue weighted by Crippen LogP contribution is -2.22. The third kappa shape index (κ3) is 2.62. The minimum absolute atomic E-state index is 0.130. The molecule has 0 aliphatic carbocycles. The third-order valence-electron chi connectivity index (χ3n) is 3.65. The zero-order valence-corrected chi connectivity index (χ0v) is 13.0. The molecule has 5 heteroatoms. The maximum atomic E-state index is 12.2. The highest BCUT2D eigenvalue weighted by molar-refractivity contribution is 5.97. The molecule has 3 rings (SSSR count). The molecule has 0 saturated carbocycles. The van der Waals surface area contributed by atoms with Gasteiger partial charge < -0.3 is 14.3 Å². The van der Waals surface area contributed by atoms with E-state index in [0.717, 1.165) is 22.6 Å². The van der Waals surface area contributed by atoms with E-state index in [4.69, 9.17) is 4.42 Å². The van der Waals surface area contributed by atoms with Gasteiger partial charge >= 0.3 is 0 Å². The predicted octanol–water partition coefficient (Wildman–Crippen LogP) is 3.45. The monoisotopic (exact) mass is 297 g/mol. The molecule has 1 N–H and O–H groups in total. The summed E-state index contributed by atoms with van der Waals surface area (Å²) in [6.45, 7) is 6.61. The van der Waals surface area contributed by atoms with E-state index in [1.807, 2.05) is 31.2 Å². The number of imidazole rings is 1. The van der Waals surface area contributed by atoms with Crippen LogP contribution in [0.25, 0.3) is 11.0 Å². The molecule has 0 radical (unpaired) electrons. The highest BCUT2D eigenvalue weighted by Gasteiger charge is 2.13. The van der Waals surface area contributed by atoms with Gasteiger partial charge in [-0.2, -0.15) is 0 Å². The van der Waals surface area contributed by atoms with Gasteiger partial charge in [-0.1, -0.05) is 0 Å². The number of aromatic nitrogens is 2. The van der Waals surface area contributed by atoms with E-state index in [1.54, 1.807) is 12.3 Å². The molecule has 0 atom stereocenters. The summed E-state index contributed by atoms with van der Waals surface area (Å²) in [5.74, 6) is 1.56. The normalized spacial score (nSPS) is 11.3. The number of hydrogen-bond donors (Lipinski definition) is 1. The lowest BCUT2D eigenvalue weighted by molar-refractivity contribution is 0.0948. The maximum absolute atomic E-state index is 12.2. The highest BCUT2D eigenvalue weighted by Crippen LogP contribution is 2.21. The van der Waals surface area contributed by atoms with Crippen molar-refractivity contribution in [3.8, 4) is 0 Å². The summed E-state index contributed by atoms with van der Waals surface area (Å²) >= 11 is 0. The molecular formula is C17H19N3O2. The van der Waals surface area contributed by atoms with Gasteiger partial charge in [0.05, 0.1) is 23.8 Å². The number of nitrogens with zero attached hydrogens (tertiary/aromatic N) is 2. The number of aryl methyl sites for hydroxylation is 1. The Bertz CT molecular complexity index is 801. The van der Waals surface area contributed by atoms with Gasteiger partial charge in [0.2, 0.25) is 0 Å². The van der Waals surface area contributed by atoms with Gasteiger partial charge in [-0.05, 0) is 51.1 Å². The topological polar surface area (TPSA) is 60.1 Å². The summed E-state index contributed by atoms with van der Waals surface area (Å²) in [5.41, 5.74) is 2.50. The summed E-state index contributed by atoms with van der Waals surface area (Å²) in [7, 11) is 0. The Morgan fingerprint density at radius 1 is 1.36 bits per heavy atom. The molecule has 114 valence electrons. The van der Waals surface area contributed by atoms with Crippen LogP contribution in [0.3, 0.4) is 0 Å². The molecule has 0 aliphatic rings. The lowest BCUT2D eigenvalue weighted by atomic mass is 10.2. The molecule has 0 saturated heterocycles. The number of carbonyl (C=O) groups excluding carboxylic acids is 1. The van der Waals surface area contributed by atoms with Gasteiger partial charge in [-0.25, -0.2) is 4.98 Å². The average molecular weight is 297 g/mol. The second-order valence-electron chi connectivity index (χ2n) is 5.59. The summed E-state index contributed by atoms with van der Waals surface area (Å²) in [6, 6.07) is 9.59. The fourth-order valence-electron chi connectivity index (χ4n) is 2.69. The number of rotatable bonds is 4. The van der Waals surface area contributed by atoms with Crippen molar-refractivity contribution in [1.82, 2.24) is 14.9 Å². The second kappa shape index (κ2) is 5.67. The van der Waals surface area contributed by atoms with E-state index < -0.39 is 0 Å². The fraction of sp³-hybridized carbons (Fsp3) is 0.294. The van der Waals surface area contributed by atoms with Crippen LogP contribution in [0.2, 0.25) is 0 Å². The Morgan fingerprint density at radius 3 is 2.86 bits per heavy atom. The van der Waals surface area contributed by atoms with Crippen LogP contribution in [0.5, 0.6) is 0 Å². The summed E-state index contributed by atoms with van der Waals surface area (Å²) in [6.07, 6.45) is 1.59. The van der Waals surface area contributed by atoms with Crippen molar-refractivity contribution in [2.24, 2.45) is 0 Å². The van der Waals surface area contributed by atoms with Crippen LogP contribution in [-0.4, -0.2) is 15.5 Å². The summed E-state index contributed by atoms with van der Waals surface area (Å²) in [4.78, 5) is 16.8. The van der Waals surface area contributed by atoms with E-state index in [-0.39, 0.29) is 5.91 Å². The predicted molar refractivity (Wildman–Crippen MR) is 84.7 cm³/mol. The Morgan fingerprint density at radius 2 is 2.18 bits per heavy atom. The van der Waals surface area contributed by atoms with Crippen LogP contribution in [0.4, 0.5) is 0 Å². The van der Waals surface area contributed by atoms with Gasteiger partial charge in [0.1, 0.15) is 11.6 Å². The number of furan rings is 1. The maximum Gasteiger partial charge on any atom is 0.251 e. The first-order valence-electron chi connectivity index (χ1n) is 7.35. The van der Waals surface area contributed by atoms with Crippen molar-refractivity contribution in [3.63, 3.8) is 0 Å². The lowest BCUT2D eigenvalue weighted by Gasteiger charge is -2.10. The second-order valence-corrected chi connectivity index (χ2v) is 5.59. The van der Waals surface area contributed by atoms with E-state index in [2.05, 4.69) is 28.7 Å². The van der Waals surface area contributed by atoms with Gasteiger partial charge in [0.25, 0.3) is 5.91 Å². The number of carbonyl (C=O) groups is 1. The number of amides is 1. The Balaban J connectivity index is 1.84. The van der Waals surface area contributed by atoms with Crippen LogP contribution in [0.1, 0.15) is 41.8 Å².